The molecule has 2 atom stereocenters. The van der Waals surface area contributed by atoms with E-state index in [0.29, 0.717) is 11.5 Å². The first-order chi connectivity index (χ1) is 7.07. The van der Waals surface area contributed by atoms with Crippen molar-refractivity contribution in [3.8, 4) is 0 Å². The van der Waals surface area contributed by atoms with Crippen LogP contribution in [0.2, 0.25) is 0 Å². The van der Waals surface area contributed by atoms with E-state index in [9.17, 15) is 0 Å². The minimum absolute atomic E-state index is 0.478. The van der Waals surface area contributed by atoms with Gasteiger partial charge in [0.25, 0.3) is 0 Å². The van der Waals surface area contributed by atoms with Gasteiger partial charge in [-0.2, -0.15) is 0 Å². The van der Waals surface area contributed by atoms with Gasteiger partial charge in [-0.05, 0) is 57.0 Å². The van der Waals surface area contributed by atoms with Crippen LogP contribution in [0.15, 0.2) is 0 Å². The van der Waals surface area contributed by atoms with E-state index in [0.717, 1.165) is 6.04 Å². The Morgan fingerprint density at radius 2 is 1.93 bits per heavy atom. The van der Waals surface area contributed by atoms with Gasteiger partial charge in [-0.1, -0.05) is 13.8 Å². The number of nitrogens with two attached hydrogens (primary N) is 1. The minimum Gasteiger partial charge on any atom is -0.328 e. The largest absolute Gasteiger partial charge is 0.328 e. The highest BCUT2D eigenvalue weighted by molar-refractivity contribution is 4.87. The molecule has 2 aliphatic rings. The highest BCUT2D eigenvalue weighted by atomic mass is 15.2. The molecule has 2 heteroatoms. The lowest BCUT2D eigenvalue weighted by Crippen LogP contribution is -2.35. The van der Waals surface area contributed by atoms with E-state index >= 15 is 0 Å². The van der Waals surface area contributed by atoms with Crippen LogP contribution in [-0.4, -0.2) is 30.1 Å². The fourth-order valence-corrected chi connectivity index (χ4v) is 3.13. The smallest absolute Gasteiger partial charge is 0.0111 e. The van der Waals surface area contributed by atoms with Gasteiger partial charge >= 0.3 is 0 Å². The van der Waals surface area contributed by atoms with Crippen molar-refractivity contribution in [2.45, 2.75) is 64.5 Å². The summed E-state index contributed by atoms with van der Waals surface area (Å²) in [5.41, 5.74) is 6.56. The average molecular weight is 210 g/mol. The Morgan fingerprint density at radius 1 is 1.13 bits per heavy atom. The van der Waals surface area contributed by atoms with Crippen LogP contribution in [0.3, 0.4) is 0 Å². The van der Waals surface area contributed by atoms with Gasteiger partial charge in [-0.25, -0.2) is 0 Å². The minimum atomic E-state index is 0.478. The standard InChI is InChI=1S/C13H26N2/c1-13(2)6-3-8-15(9-7-13)12-5-4-11(14)10-12/h11-12H,3-10,14H2,1-2H3. The first-order valence-corrected chi connectivity index (χ1v) is 6.56. The molecule has 15 heavy (non-hydrogen) atoms. The zero-order valence-electron chi connectivity index (χ0n) is 10.3. The first-order valence-electron chi connectivity index (χ1n) is 6.56. The molecular weight excluding hydrogens is 184 g/mol. The molecular formula is C13H26N2. The van der Waals surface area contributed by atoms with Crippen molar-refractivity contribution in [2.24, 2.45) is 11.1 Å². The van der Waals surface area contributed by atoms with E-state index in [-0.39, 0.29) is 0 Å². The summed E-state index contributed by atoms with van der Waals surface area (Å²) < 4.78 is 0. The van der Waals surface area contributed by atoms with Gasteiger partial charge in [-0.15, -0.1) is 0 Å². The van der Waals surface area contributed by atoms with Gasteiger partial charge in [-0.3, -0.25) is 0 Å². The molecule has 0 amide bonds. The molecule has 88 valence electrons. The van der Waals surface area contributed by atoms with Crippen LogP contribution in [0.25, 0.3) is 0 Å². The molecule has 0 aromatic rings. The predicted octanol–water partition coefficient (Wildman–Crippen LogP) is 2.38. The zero-order chi connectivity index (χ0) is 10.9. The van der Waals surface area contributed by atoms with E-state index in [2.05, 4.69) is 18.7 Å². The van der Waals surface area contributed by atoms with E-state index in [4.69, 9.17) is 5.73 Å². The van der Waals surface area contributed by atoms with Gasteiger partial charge < -0.3 is 10.6 Å². The number of nitrogens with zero attached hydrogens (tertiary/aromatic N) is 1. The van der Waals surface area contributed by atoms with Gasteiger partial charge in [0.05, 0.1) is 0 Å². The van der Waals surface area contributed by atoms with E-state index in [1.807, 2.05) is 0 Å². The maximum Gasteiger partial charge on any atom is 0.0111 e. The van der Waals surface area contributed by atoms with Crippen molar-refractivity contribution in [2.75, 3.05) is 13.1 Å². The second kappa shape index (κ2) is 4.42. The number of likely N-dealkylation sites (tertiary alicyclic amines) is 1. The number of rotatable bonds is 1. The monoisotopic (exact) mass is 210 g/mol. The molecule has 1 aliphatic heterocycles. The average Bonchev–Trinajstić information content (AvgIpc) is 2.49. The summed E-state index contributed by atoms with van der Waals surface area (Å²) in [6.07, 6.45) is 7.94. The van der Waals surface area contributed by atoms with Gasteiger partial charge in [0.15, 0.2) is 0 Å². The lowest BCUT2D eigenvalue weighted by atomic mass is 9.85. The molecule has 2 rings (SSSR count). The number of hydrogen-bond donors (Lipinski definition) is 1. The molecule has 1 saturated heterocycles. The van der Waals surface area contributed by atoms with Crippen molar-refractivity contribution in [3.05, 3.63) is 0 Å². The van der Waals surface area contributed by atoms with Crippen LogP contribution in [-0.2, 0) is 0 Å². The maximum atomic E-state index is 6.00. The van der Waals surface area contributed by atoms with E-state index in [1.165, 1.54) is 51.6 Å². The molecule has 1 aliphatic carbocycles. The quantitative estimate of drug-likeness (QED) is 0.720. The molecule has 0 radical (unpaired) electrons. The molecule has 0 spiro atoms. The lowest BCUT2D eigenvalue weighted by Gasteiger charge is -2.28. The van der Waals surface area contributed by atoms with Crippen LogP contribution in [0.1, 0.15) is 52.4 Å². The van der Waals surface area contributed by atoms with Crippen LogP contribution in [0.4, 0.5) is 0 Å². The molecule has 1 heterocycles. The Bertz CT molecular complexity index is 213. The molecule has 2 unspecified atom stereocenters. The molecule has 0 aromatic heterocycles. The van der Waals surface area contributed by atoms with Crippen LogP contribution < -0.4 is 5.73 Å². The Balaban J connectivity index is 1.88. The van der Waals surface area contributed by atoms with Crippen molar-refractivity contribution in [3.63, 3.8) is 0 Å². The summed E-state index contributed by atoms with van der Waals surface area (Å²) in [5.74, 6) is 0. The number of hydrogen-bond acceptors (Lipinski definition) is 2. The Morgan fingerprint density at radius 3 is 2.60 bits per heavy atom. The second-order valence-electron chi connectivity index (χ2n) is 6.28. The first kappa shape index (κ1) is 11.4. The maximum absolute atomic E-state index is 6.00. The second-order valence-corrected chi connectivity index (χ2v) is 6.28. The normalized spacial score (nSPS) is 37.8. The SMILES string of the molecule is CC1(C)CCCN(C2CCC(N)C2)CC1. The summed E-state index contributed by atoms with van der Waals surface area (Å²) >= 11 is 0. The highest BCUT2D eigenvalue weighted by Gasteiger charge is 2.30. The summed E-state index contributed by atoms with van der Waals surface area (Å²) in [7, 11) is 0. The molecule has 0 aromatic carbocycles. The molecule has 2 nitrogen and oxygen atoms in total. The van der Waals surface area contributed by atoms with E-state index in [1.54, 1.807) is 0 Å². The summed E-state index contributed by atoms with van der Waals surface area (Å²) in [4.78, 5) is 2.71. The van der Waals surface area contributed by atoms with Crippen molar-refractivity contribution < 1.29 is 0 Å². The van der Waals surface area contributed by atoms with E-state index < -0.39 is 0 Å². The van der Waals surface area contributed by atoms with Crippen LogP contribution in [0.5, 0.6) is 0 Å². The Labute approximate surface area is 94.2 Å². The van der Waals surface area contributed by atoms with Crippen LogP contribution >= 0.6 is 0 Å². The van der Waals surface area contributed by atoms with Gasteiger partial charge in [0.2, 0.25) is 0 Å². The summed E-state index contributed by atoms with van der Waals surface area (Å²) in [5, 5.41) is 0. The van der Waals surface area contributed by atoms with Gasteiger partial charge in [0, 0.05) is 12.1 Å². The third-order valence-corrected chi connectivity index (χ3v) is 4.34. The summed E-state index contributed by atoms with van der Waals surface area (Å²) in [6.45, 7) is 7.43. The Hall–Kier alpha value is -0.0800. The van der Waals surface area contributed by atoms with Crippen molar-refractivity contribution in [1.82, 2.24) is 4.90 Å². The zero-order valence-corrected chi connectivity index (χ0v) is 10.3. The summed E-state index contributed by atoms with van der Waals surface area (Å²) in [6, 6.07) is 1.28. The molecule has 2 N–H and O–H groups in total. The van der Waals surface area contributed by atoms with Crippen molar-refractivity contribution in [1.29, 1.82) is 0 Å². The third kappa shape index (κ3) is 2.94. The topological polar surface area (TPSA) is 29.3 Å². The Kier molecular flexibility index (Phi) is 3.36. The fourth-order valence-electron chi connectivity index (χ4n) is 3.13. The van der Waals surface area contributed by atoms with Crippen LogP contribution in [0, 0.1) is 5.41 Å². The van der Waals surface area contributed by atoms with Gasteiger partial charge in [0.1, 0.15) is 0 Å². The molecule has 2 fully saturated rings. The molecule has 0 bridgehead atoms. The third-order valence-electron chi connectivity index (χ3n) is 4.34. The highest BCUT2D eigenvalue weighted by Crippen LogP contribution is 2.32. The van der Waals surface area contributed by atoms with Crippen molar-refractivity contribution >= 4 is 0 Å². The molecule has 1 saturated carbocycles. The predicted molar refractivity (Wildman–Crippen MR) is 64.8 cm³/mol. The lowest BCUT2D eigenvalue weighted by molar-refractivity contribution is 0.196. The fraction of sp³-hybridized carbons (Fsp3) is 1.00.